The summed E-state index contributed by atoms with van der Waals surface area (Å²) in [6, 6.07) is 15.6. The normalized spacial score (nSPS) is 12.6. The second-order valence-corrected chi connectivity index (χ2v) is 6.42. The van der Waals surface area contributed by atoms with Crippen molar-refractivity contribution in [3.63, 3.8) is 0 Å². The summed E-state index contributed by atoms with van der Waals surface area (Å²) in [6.07, 6.45) is 0.220. The van der Waals surface area contributed by atoms with Crippen LogP contribution in [0.1, 0.15) is 23.7 Å². The van der Waals surface area contributed by atoms with Crippen molar-refractivity contribution in [2.75, 3.05) is 13.6 Å². The van der Waals surface area contributed by atoms with E-state index in [1.807, 2.05) is 55.6 Å². The number of hydrogen-bond donors (Lipinski definition) is 1. The van der Waals surface area contributed by atoms with E-state index in [0.717, 1.165) is 33.7 Å². The Morgan fingerprint density at radius 2 is 1.81 bits per heavy atom. The molecule has 2 nitrogen and oxygen atoms in total. The summed E-state index contributed by atoms with van der Waals surface area (Å²) >= 11 is 9.64. The average Bonchev–Trinajstić information content (AvgIpc) is 2.48. The minimum Gasteiger partial charge on any atom is -0.388 e. The molecule has 0 aliphatic carbocycles. The van der Waals surface area contributed by atoms with E-state index in [4.69, 9.17) is 11.6 Å². The van der Waals surface area contributed by atoms with Crippen LogP contribution in [0.15, 0.2) is 53.0 Å². The van der Waals surface area contributed by atoms with E-state index in [1.165, 1.54) is 0 Å². The maximum Gasteiger partial charge on any atom is 0.0813 e. The second kappa shape index (κ2) is 7.95. The largest absolute Gasteiger partial charge is 0.388 e. The molecule has 0 aliphatic heterocycles. The fourth-order valence-electron chi connectivity index (χ4n) is 2.24. The van der Waals surface area contributed by atoms with E-state index in [0.29, 0.717) is 6.42 Å². The molecule has 0 spiro atoms. The topological polar surface area (TPSA) is 23.5 Å². The molecule has 0 saturated heterocycles. The second-order valence-electron chi connectivity index (χ2n) is 5.16. The molecule has 0 radical (unpaired) electrons. The zero-order valence-corrected chi connectivity index (χ0v) is 14.3. The van der Waals surface area contributed by atoms with Crippen molar-refractivity contribution >= 4 is 27.5 Å². The molecule has 0 aromatic heterocycles. The van der Waals surface area contributed by atoms with Gasteiger partial charge < -0.3 is 10.0 Å². The van der Waals surface area contributed by atoms with Gasteiger partial charge in [-0.25, -0.2) is 0 Å². The fraction of sp³-hybridized carbons (Fsp3) is 0.294. The molecule has 112 valence electrons. The van der Waals surface area contributed by atoms with Crippen LogP contribution in [0.5, 0.6) is 0 Å². The fourth-order valence-corrected chi connectivity index (χ4v) is 2.98. The monoisotopic (exact) mass is 367 g/mol. The Morgan fingerprint density at radius 1 is 1.14 bits per heavy atom. The highest BCUT2D eigenvalue weighted by molar-refractivity contribution is 9.10. The van der Waals surface area contributed by atoms with Gasteiger partial charge >= 0.3 is 0 Å². The summed E-state index contributed by atoms with van der Waals surface area (Å²) in [5, 5.41) is 11.1. The van der Waals surface area contributed by atoms with Gasteiger partial charge in [0.25, 0.3) is 0 Å². The van der Waals surface area contributed by atoms with E-state index >= 15 is 0 Å². The summed E-state index contributed by atoms with van der Waals surface area (Å²) in [4.78, 5) is 2.17. The quantitative estimate of drug-likeness (QED) is 0.801. The predicted octanol–water partition coefficient (Wildman–Crippen LogP) is 4.66. The maximum atomic E-state index is 10.3. The summed E-state index contributed by atoms with van der Waals surface area (Å²) in [5.41, 5.74) is 2.04. The van der Waals surface area contributed by atoms with Crippen LogP contribution in [0, 0.1) is 0 Å². The lowest BCUT2D eigenvalue weighted by molar-refractivity contribution is 0.147. The average molecular weight is 369 g/mol. The van der Waals surface area contributed by atoms with Crippen molar-refractivity contribution in [1.29, 1.82) is 0 Å². The Hall–Kier alpha value is -0.870. The zero-order chi connectivity index (χ0) is 15.2. The Balaban J connectivity index is 1.88. The molecule has 0 amide bonds. The summed E-state index contributed by atoms with van der Waals surface area (Å²) in [7, 11) is 2.04. The van der Waals surface area contributed by atoms with Crippen molar-refractivity contribution < 1.29 is 5.11 Å². The van der Waals surface area contributed by atoms with Crippen LogP contribution < -0.4 is 0 Å². The van der Waals surface area contributed by atoms with Gasteiger partial charge in [0, 0.05) is 22.6 Å². The summed E-state index contributed by atoms with van der Waals surface area (Å²) in [6.45, 7) is 1.58. The molecular formula is C17H19BrClNO. The van der Waals surface area contributed by atoms with Crippen molar-refractivity contribution in [3.8, 4) is 0 Å². The van der Waals surface area contributed by atoms with Crippen molar-refractivity contribution in [2.24, 2.45) is 0 Å². The molecular weight excluding hydrogens is 350 g/mol. The van der Waals surface area contributed by atoms with Crippen LogP contribution in [0.25, 0.3) is 0 Å². The van der Waals surface area contributed by atoms with Gasteiger partial charge in [0.1, 0.15) is 0 Å². The lowest BCUT2D eigenvalue weighted by Crippen LogP contribution is -2.21. The molecule has 21 heavy (non-hydrogen) atoms. The third kappa shape index (κ3) is 4.82. The van der Waals surface area contributed by atoms with E-state index in [-0.39, 0.29) is 0 Å². The molecule has 1 N–H and O–H groups in total. The van der Waals surface area contributed by atoms with Gasteiger partial charge in [-0.3, -0.25) is 0 Å². The van der Waals surface area contributed by atoms with E-state index in [9.17, 15) is 5.11 Å². The number of aliphatic hydroxyl groups excluding tert-OH is 1. The van der Waals surface area contributed by atoms with Gasteiger partial charge in [-0.05, 0) is 36.7 Å². The van der Waals surface area contributed by atoms with Crippen LogP contribution in [0.3, 0.4) is 0 Å². The molecule has 0 heterocycles. The lowest BCUT2D eigenvalue weighted by atomic mass is 10.1. The van der Waals surface area contributed by atoms with Crippen LogP contribution >= 0.6 is 27.5 Å². The van der Waals surface area contributed by atoms with E-state index in [1.54, 1.807) is 0 Å². The summed E-state index contributed by atoms with van der Waals surface area (Å²) < 4.78 is 0.950. The number of nitrogens with zero attached hydrogens (tertiary/aromatic N) is 1. The van der Waals surface area contributed by atoms with Crippen LogP contribution in [-0.4, -0.2) is 23.6 Å². The first-order valence-electron chi connectivity index (χ1n) is 6.92. The third-order valence-electron chi connectivity index (χ3n) is 3.45. The van der Waals surface area contributed by atoms with Gasteiger partial charge in [0.15, 0.2) is 0 Å². The number of aliphatic hydroxyl groups is 1. The van der Waals surface area contributed by atoms with Gasteiger partial charge in [-0.15, -0.1) is 0 Å². The number of hydrogen-bond acceptors (Lipinski definition) is 2. The minimum atomic E-state index is -0.464. The highest BCUT2D eigenvalue weighted by atomic mass is 79.9. The van der Waals surface area contributed by atoms with Crippen molar-refractivity contribution in [3.05, 3.63) is 69.2 Å². The molecule has 1 atom stereocenters. The standard InChI is InChI=1S/C17H19BrClNO/c1-20(12-13-6-2-5-9-16(13)19)11-10-17(21)14-7-3-4-8-15(14)18/h2-9,17,21H,10-12H2,1H3. The first kappa shape index (κ1) is 16.5. The molecule has 0 aliphatic rings. The molecule has 0 bridgehead atoms. The van der Waals surface area contributed by atoms with Crippen molar-refractivity contribution in [1.82, 2.24) is 4.90 Å². The van der Waals surface area contributed by atoms with Gasteiger partial charge in [-0.2, -0.15) is 0 Å². The maximum absolute atomic E-state index is 10.3. The van der Waals surface area contributed by atoms with Crippen LogP contribution in [-0.2, 0) is 6.54 Å². The molecule has 0 fully saturated rings. The number of halogens is 2. The first-order valence-corrected chi connectivity index (χ1v) is 8.09. The zero-order valence-electron chi connectivity index (χ0n) is 12.0. The Kier molecular flexibility index (Phi) is 6.24. The Bertz CT molecular complexity index is 591. The van der Waals surface area contributed by atoms with E-state index in [2.05, 4.69) is 20.8 Å². The lowest BCUT2D eigenvalue weighted by Gasteiger charge is -2.20. The van der Waals surface area contributed by atoms with Gasteiger partial charge in [0.05, 0.1) is 6.10 Å². The molecule has 0 saturated carbocycles. The van der Waals surface area contributed by atoms with Crippen LogP contribution in [0.4, 0.5) is 0 Å². The third-order valence-corrected chi connectivity index (χ3v) is 4.54. The number of rotatable bonds is 6. The van der Waals surface area contributed by atoms with Crippen LogP contribution in [0.2, 0.25) is 5.02 Å². The molecule has 2 aromatic carbocycles. The first-order chi connectivity index (χ1) is 10.1. The Morgan fingerprint density at radius 3 is 2.52 bits per heavy atom. The number of benzene rings is 2. The van der Waals surface area contributed by atoms with Gasteiger partial charge in [-0.1, -0.05) is 63.9 Å². The molecule has 1 unspecified atom stereocenters. The Labute approximate surface area is 139 Å². The SMILES string of the molecule is CN(CCC(O)c1ccccc1Br)Cc1ccccc1Cl. The van der Waals surface area contributed by atoms with Gasteiger partial charge in [0.2, 0.25) is 0 Å². The molecule has 2 rings (SSSR count). The molecule has 2 aromatic rings. The van der Waals surface area contributed by atoms with Crippen molar-refractivity contribution in [2.45, 2.75) is 19.1 Å². The highest BCUT2D eigenvalue weighted by Crippen LogP contribution is 2.25. The molecule has 4 heteroatoms. The van der Waals surface area contributed by atoms with E-state index < -0.39 is 6.10 Å². The predicted molar refractivity (Wildman–Crippen MR) is 91.5 cm³/mol. The highest BCUT2D eigenvalue weighted by Gasteiger charge is 2.12. The minimum absolute atomic E-state index is 0.464. The summed E-state index contributed by atoms with van der Waals surface area (Å²) in [5.74, 6) is 0. The smallest absolute Gasteiger partial charge is 0.0813 e.